The first kappa shape index (κ1) is 21.7. The number of hydrogen-bond acceptors (Lipinski definition) is 3. The van der Waals surface area contributed by atoms with Crippen LogP contribution in [-0.2, 0) is 23.0 Å². The smallest absolute Gasteiger partial charge is 0.251 e. The summed E-state index contributed by atoms with van der Waals surface area (Å²) in [4.78, 5) is 12.6. The van der Waals surface area contributed by atoms with Gasteiger partial charge in [0.15, 0.2) is 0 Å². The normalized spacial score (nSPS) is 11.4. The first-order valence-electron chi connectivity index (χ1n) is 9.97. The van der Waals surface area contributed by atoms with Gasteiger partial charge in [0.1, 0.15) is 0 Å². The Balaban J connectivity index is 1.59. The molecular formula is C24H26N2O3S. The molecule has 1 N–H and O–H groups in total. The van der Waals surface area contributed by atoms with Gasteiger partial charge in [0.25, 0.3) is 5.91 Å². The fraction of sp³-hybridized carbons (Fsp3) is 0.208. The molecule has 0 saturated carbocycles. The van der Waals surface area contributed by atoms with Crippen LogP contribution < -0.4 is 5.32 Å². The fourth-order valence-electron chi connectivity index (χ4n) is 3.14. The lowest BCUT2D eigenvalue weighted by molar-refractivity contribution is 0.0954. The Kier molecular flexibility index (Phi) is 7.38. The Morgan fingerprint density at radius 2 is 1.43 bits per heavy atom. The van der Waals surface area contributed by atoms with E-state index in [4.69, 9.17) is 0 Å². The van der Waals surface area contributed by atoms with Gasteiger partial charge >= 0.3 is 0 Å². The second-order valence-electron chi connectivity index (χ2n) is 6.93. The van der Waals surface area contributed by atoms with Crippen LogP contribution in [0.25, 0.3) is 0 Å². The van der Waals surface area contributed by atoms with Gasteiger partial charge in [-0.25, -0.2) is 8.42 Å². The second kappa shape index (κ2) is 10.2. The monoisotopic (exact) mass is 422 g/mol. The van der Waals surface area contributed by atoms with Crippen LogP contribution in [0.15, 0.2) is 89.8 Å². The molecule has 0 unspecified atom stereocenters. The molecule has 0 fully saturated rings. The van der Waals surface area contributed by atoms with Crippen molar-refractivity contribution in [3.05, 3.63) is 102 Å². The molecule has 3 aromatic carbocycles. The zero-order valence-electron chi connectivity index (χ0n) is 17.0. The van der Waals surface area contributed by atoms with Crippen LogP contribution in [0.2, 0.25) is 0 Å². The summed E-state index contributed by atoms with van der Waals surface area (Å²) in [7, 11) is -3.56. The third-order valence-corrected chi connectivity index (χ3v) is 6.79. The Labute approximate surface area is 178 Å². The van der Waals surface area contributed by atoms with Crippen LogP contribution in [0.5, 0.6) is 0 Å². The van der Waals surface area contributed by atoms with Gasteiger partial charge < -0.3 is 5.32 Å². The number of hydrogen-bond donors (Lipinski definition) is 1. The molecule has 6 heteroatoms. The minimum atomic E-state index is -3.56. The maximum absolute atomic E-state index is 12.8. The second-order valence-corrected chi connectivity index (χ2v) is 8.87. The molecule has 0 spiro atoms. The van der Waals surface area contributed by atoms with Gasteiger partial charge in [-0.05, 0) is 41.8 Å². The molecule has 0 bridgehead atoms. The van der Waals surface area contributed by atoms with Gasteiger partial charge in [0, 0.05) is 25.2 Å². The fourth-order valence-corrected chi connectivity index (χ4v) is 4.60. The molecule has 0 aliphatic carbocycles. The van der Waals surface area contributed by atoms with E-state index in [1.807, 2.05) is 37.3 Å². The van der Waals surface area contributed by atoms with Crippen molar-refractivity contribution in [3.8, 4) is 0 Å². The molecule has 5 nitrogen and oxygen atoms in total. The van der Waals surface area contributed by atoms with Crippen LogP contribution in [0.1, 0.15) is 28.4 Å². The molecular weight excluding hydrogens is 396 g/mol. The van der Waals surface area contributed by atoms with Crippen LogP contribution >= 0.6 is 0 Å². The van der Waals surface area contributed by atoms with E-state index in [1.165, 1.54) is 9.87 Å². The quantitative estimate of drug-likeness (QED) is 0.569. The Morgan fingerprint density at radius 3 is 2.03 bits per heavy atom. The maximum Gasteiger partial charge on any atom is 0.251 e. The molecule has 0 radical (unpaired) electrons. The standard InChI is InChI=1S/C24H26N2O3S/c1-2-26(30(28,29)23-11-7-4-8-12-23)19-21-13-15-22(16-14-21)24(27)25-18-17-20-9-5-3-6-10-20/h3-16H,2,17-19H2,1H3,(H,25,27). The number of sulfonamides is 1. The largest absolute Gasteiger partial charge is 0.352 e. The van der Waals surface area contributed by atoms with E-state index in [0.717, 1.165) is 12.0 Å². The minimum Gasteiger partial charge on any atom is -0.352 e. The Hall–Kier alpha value is -2.96. The first-order valence-corrected chi connectivity index (χ1v) is 11.4. The van der Waals surface area contributed by atoms with E-state index in [2.05, 4.69) is 5.32 Å². The van der Waals surface area contributed by atoms with Crippen LogP contribution in [-0.4, -0.2) is 31.7 Å². The number of nitrogens with zero attached hydrogens (tertiary/aromatic N) is 1. The van der Waals surface area contributed by atoms with Gasteiger partial charge in [0.2, 0.25) is 10.0 Å². The zero-order chi connectivity index (χ0) is 21.4. The Bertz CT molecular complexity index is 1050. The highest BCUT2D eigenvalue weighted by atomic mass is 32.2. The topological polar surface area (TPSA) is 66.5 Å². The Morgan fingerprint density at radius 1 is 0.833 bits per heavy atom. The van der Waals surface area contributed by atoms with Crippen molar-refractivity contribution >= 4 is 15.9 Å². The number of carbonyl (C=O) groups excluding carboxylic acids is 1. The summed E-state index contributed by atoms with van der Waals surface area (Å²) in [5.74, 6) is -0.137. The summed E-state index contributed by atoms with van der Waals surface area (Å²) in [5.41, 5.74) is 2.56. The van der Waals surface area contributed by atoms with Gasteiger partial charge in [-0.1, -0.05) is 67.6 Å². The number of carbonyl (C=O) groups is 1. The highest BCUT2D eigenvalue weighted by Gasteiger charge is 2.22. The van der Waals surface area contributed by atoms with Crippen molar-refractivity contribution in [2.45, 2.75) is 24.8 Å². The highest BCUT2D eigenvalue weighted by molar-refractivity contribution is 7.89. The average Bonchev–Trinajstić information content (AvgIpc) is 2.79. The number of benzene rings is 3. The molecule has 3 rings (SSSR count). The number of nitrogens with one attached hydrogen (secondary N) is 1. The van der Waals surface area contributed by atoms with Crippen molar-refractivity contribution in [3.63, 3.8) is 0 Å². The van der Waals surface area contributed by atoms with E-state index in [1.54, 1.807) is 54.6 Å². The molecule has 0 aliphatic heterocycles. The molecule has 0 atom stereocenters. The van der Waals surface area contributed by atoms with Crippen molar-refractivity contribution in [1.82, 2.24) is 9.62 Å². The summed E-state index contributed by atoms with van der Waals surface area (Å²) in [6.07, 6.45) is 0.771. The van der Waals surface area contributed by atoms with Crippen molar-refractivity contribution in [1.29, 1.82) is 0 Å². The number of amides is 1. The van der Waals surface area contributed by atoms with Crippen molar-refractivity contribution in [2.24, 2.45) is 0 Å². The SMILES string of the molecule is CCN(Cc1ccc(C(=O)NCCc2ccccc2)cc1)S(=O)(=O)c1ccccc1. The molecule has 3 aromatic rings. The highest BCUT2D eigenvalue weighted by Crippen LogP contribution is 2.18. The van der Waals surface area contributed by atoms with E-state index < -0.39 is 10.0 Å². The predicted octanol–water partition coefficient (Wildman–Crippen LogP) is 3.87. The summed E-state index contributed by atoms with van der Waals surface area (Å²) in [6, 6.07) is 25.5. The van der Waals surface area contributed by atoms with Crippen LogP contribution in [0, 0.1) is 0 Å². The maximum atomic E-state index is 12.8. The summed E-state index contributed by atoms with van der Waals surface area (Å²) >= 11 is 0. The van der Waals surface area contributed by atoms with Gasteiger partial charge in [0.05, 0.1) is 4.90 Å². The third kappa shape index (κ3) is 5.55. The molecule has 0 aliphatic rings. The van der Waals surface area contributed by atoms with Gasteiger partial charge in [-0.15, -0.1) is 0 Å². The molecule has 0 aromatic heterocycles. The lowest BCUT2D eigenvalue weighted by atomic mass is 10.1. The van der Waals surface area contributed by atoms with E-state index in [-0.39, 0.29) is 17.3 Å². The number of rotatable bonds is 9. The van der Waals surface area contributed by atoms with Crippen LogP contribution in [0.4, 0.5) is 0 Å². The third-order valence-electron chi connectivity index (χ3n) is 4.85. The van der Waals surface area contributed by atoms with E-state index >= 15 is 0 Å². The minimum absolute atomic E-state index is 0.137. The van der Waals surface area contributed by atoms with Crippen LogP contribution in [0.3, 0.4) is 0 Å². The van der Waals surface area contributed by atoms with E-state index in [0.29, 0.717) is 18.7 Å². The molecule has 0 saturated heterocycles. The zero-order valence-corrected chi connectivity index (χ0v) is 17.8. The average molecular weight is 423 g/mol. The summed E-state index contributed by atoms with van der Waals surface area (Å²) in [5, 5.41) is 2.92. The molecule has 156 valence electrons. The molecule has 0 heterocycles. The molecule has 30 heavy (non-hydrogen) atoms. The molecule has 1 amide bonds. The van der Waals surface area contributed by atoms with Gasteiger partial charge in [-0.2, -0.15) is 4.31 Å². The predicted molar refractivity (Wildman–Crippen MR) is 119 cm³/mol. The lowest BCUT2D eigenvalue weighted by Crippen LogP contribution is -2.30. The summed E-state index contributed by atoms with van der Waals surface area (Å²) < 4.78 is 27.1. The van der Waals surface area contributed by atoms with E-state index in [9.17, 15) is 13.2 Å². The lowest BCUT2D eigenvalue weighted by Gasteiger charge is -2.20. The first-order chi connectivity index (χ1) is 14.5. The van der Waals surface area contributed by atoms with Crippen molar-refractivity contribution in [2.75, 3.05) is 13.1 Å². The van der Waals surface area contributed by atoms with Crippen molar-refractivity contribution < 1.29 is 13.2 Å². The summed E-state index contributed by atoms with van der Waals surface area (Å²) in [6.45, 7) is 2.99. The van der Waals surface area contributed by atoms with Gasteiger partial charge in [-0.3, -0.25) is 4.79 Å².